The Morgan fingerprint density at radius 1 is 1.53 bits per heavy atom. The standard InChI is InChI=1S/C13H13ClN2O2S/c1-3-10-7(2)19-13(15-10)16-12(18)8-4-5-11(17)9(14)6-8/h4-6,17H,3H2,1-2H3,(H,15,16,18). The zero-order valence-corrected chi connectivity index (χ0v) is 12.1. The number of carbonyl (C=O) groups excluding carboxylic acids is 1. The van der Waals surface area contributed by atoms with Crippen LogP contribution < -0.4 is 5.32 Å². The average molecular weight is 297 g/mol. The molecule has 1 aromatic heterocycles. The molecule has 6 heteroatoms. The van der Waals surface area contributed by atoms with Crippen LogP contribution in [0, 0.1) is 6.92 Å². The van der Waals surface area contributed by atoms with E-state index in [1.54, 1.807) is 0 Å². The van der Waals surface area contributed by atoms with Gasteiger partial charge in [-0.05, 0) is 31.5 Å². The zero-order valence-electron chi connectivity index (χ0n) is 10.5. The molecule has 2 N–H and O–H groups in total. The van der Waals surface area contributed by atoms with Crippen LogP contribution in [0.4, 0.5) is 5.13 Å². The number of hydrogen-bond acceptors (Lipinski definition) is 4. The summed E-state index contributed by atoms with van der Waals surface area (Å²) in [6.07, 6.45) is 0.837. The van der Waals surface area contributed by atoms with Gasteiger partial charge in [0.2, 0.25) is 0 Å². The van der Waals surface area contributed by atoms with E-state index in [0.29, 0.717) is 10.7 Å². The first-order valence-electron chi connectivity index (χ1n) is 5.77. The SMILES string of the molecule is CCc1nc(NC(=O)c2ccc(O)c(Cl)c2)sc1C. The van der Waals surface area contributed by atoms with Crippen molar-refractivity contribution in [1.82, 2.24) is 4.98 Å². The molecule has 0 aliphatic carbocycles. The van der Waals surface area contributed by atoms with E-state index in [4.69, 9.17) is 11.6 Å². The normalized spacial score (nSPS) is 10.5. The lowest BCUT2D eigenvalue weighted by Gasteiger charge is -2.03. The molecule has 0 saturated carbocycles. The van der Waals surface area contributed by atoms with Crippen molar-refractivity contribution in [1.29, 1.82) is 0 Å². The van der Waals surface area contributed by atoms with Gasteiger partial charge in [-0.25, -0.2) is 4.98 Å². The van der Waals surface area contributed by atoms with Crippen molar-refractivity contribution < 1.29 is 9.90 Å². The van der Waals surface area contributed by atoms with Crippen molar-refractivity contribution in [3.05, 3.63) is 39.4 Å². The molecule has 4 nitrogen and oxygen atoms in total. The number of aromatic nitrogens is 1. The molecule has 0 aliphatic heterocycles. The van der Waals surface area contributed by atoms with E-state index in [1.165, 1.54) is 29.5 Å². The number of nitrogens with zero attached hydrogens (tertiary/aromatic N) is 1. The largest absolute Gasteiger partial charge is 0.506 e. The van der Waals surface area contributed by atoms with E-state index >= 15 is 0 Å². The van der Waals surface area contributed by atoms with Crippen molar-refractivity contribution in [2.75, 3.05) is 5.32 Å². The summed E-state index contributed by atoms with van der Waals surface area (Å²) in [6, 6.07) is 4.33. The third-order valence-electron chi connectivity index (χ3n) is 2.66. The molecule has 19 heavy (non-hydrogen) atoms. The molecule has 1 aromatic carbocycles. The predicted molar refractivity (Wildman–Crippen MR) is 77.3 cm³/mol. The van der Waals surface area contributed by atoms with E-state index in [0.717, 1.165) is 17.0 Å². The summed E-state index contributed by atoms with van der Waals surface area (Å²) in [6.45, 7) is 4.00. The van der Waals surface area contributed by atoms with Crippen LogP contribution in [0.25, 0.3) is 0 Å². The minimum absolute atomic E-state index is 0.0448. The number of benzene rings is 1. The fourth-order valence-electron chi connectivity index (χ4n) is 1.63. The molecule has 0 aliphatic rings. The Bertz CT molecular complexity index is 625. The van der Waals surface area contributed by atoms with E-state index in [-0.39, 0.29) is 16.7 Å². The molecule has 0 atom stereocenters. The molecule has 2 aromatic rings. The van der Waals surface area contributed by atoms with Gasteiger partial charge in [-0.15, -0.1) is 11.3 Å². The molecular weight excluding hydrogens is 284 g/mol. The molecule has 0 radical (unpaired) electrons. The Labute approximate surface area is 120 Å². The molecule has 2 rings (SSSR count). The average Bonchev–Trinajstić information content (AvgIpc) is 2.72. The van der Waals surface area contributed by atoms with Gasteiger partial charge in [0.15, 0.2) is 5.13 Å². The first kappa shape index (κ1) is 13.8. The number of aromatic hydroxyl groups is 1. The number of aryl methyl sites for hydroxylation is 2. The highest BCUT2D eigenvalue weighted by Gasteiger charge is 2.12. The van der Waals surface area contributed by atoms with Crippen LogP contribution in [0.5, 0.6) is 5.75 Å². The summed E-state index contributed by atoms with van der Waals surface area (Å²) in [5, 5.41) is 12.8. The summed E-state index contributed by atoms with van der Waals surface area (Å²) in [5.74, 6) is -0.338. The molecular formula is C13H13ClN2O2S. The lowest BCUT2D eigenvalue weighted by atomic mass is 10.2. The Balaban J connectivity index is 2.18. The summed E-state index contributed by atoms with van der Waals surface area (Å²) in [5.41, 5.74) is 1.37. The van der Waals surface area contributed by atoms with Gasteiger partial charge in [0.25, 0.3) is 5.91 Å². The molecule has 0 bridgehead atoms. The fraction of sp³-hybridized carbons (Fsp3) is 0.231. The van der Waals surface area contributed by atoms with Crippen LogP contribution in [0.2, 0.25) is 5.02 Å². The molecule has 1 amide bonds. The number of carbonyl (C=O) groups is 1. The minimum Gasteiger partial charge on any atom is -0.506 e. The predicted octanol–water partition coefficient (Wildman–Crippen LogP) is 3.63. The molecule has 0 unspecified atom stereocenters. The first-order chi connectivity index (χ1) is 9.01. The van der Waals surface area contributed by atoms with E-state index in [1.807, 2.05) is 13.8 Å². The zero-order chi connectivity index (χ0) is 14.0. The van der Waals surface area contributed by atoms with Gasteiger partial charge in [0, 0.05) is 10.4 Å². The van der Waals surface area contributed by atoms with Gasteiger partial charge in [0.05, 0.1) is 10.7 Å². The number of phenols is 1. The third kappa shape index (κ3) is 3.05. The van der Waals surface area contributed by atoms with E-state index in [9.17, 15) is 9.90 Å². The lowest BCUT2D eigenvalue weighted by molar-refractivity contribution is 0.102. The fourth-order valence-corrected chi connectivity index (χ4v) is 2.70. The maximum atomic E-state index is 12.0. The van der Waals surface area contributed by atoms with Crippen LogP contribution in [0.15, 0.2) is 18.2 Å². The van der Waals surface area contributed by atoms with Crippen molar-refractivity contribution >= 4 is 34.0 Å². The summed E-state index contributed by atoms with van der Waals surface area (Å²) in [4.78, 5) is 17.4. The number of nitrogens with one attached hydrogen (secondary N) is 1. The van der Waals surface area contributed by atoms with Crippen LogP contribution >= 0.6 is 22.9 Å². The van der Waals surface area contributed by atoms with Crippen LogP contribution in [0.3, 0.4) is 0 Å². The highest BCUT2D eigenvalue weighted by molar-refractivity contribution is 7.15. The Hall–Kier alpha value is -1.59. The Kier molecular flexibility index (Phi) is 4.07. The molecule has 100 valence electrons. The van der Waals surface area contributed by atoms with Crippen molar-refractivity contribution in [3.8, 4) is 5.75 Å². The van der Waals surface area contributed by atoms with E-state index in [2.05, 4.69) is 10.3 Å². The van der Waals surface area contributed by atoms with Crippen molar-refractivity contribution in [2.24, 2.45) is 0 Å². The number of rotatable bonds is 3. The number of halogens is 1. The Morgan fingerprint density at radius 3 is 2.84 bits per heavy atom. The molecule has 0 spiro atoms. The second-order valence-electron chi connectivity index (χ2n) is 4.00. The number of hydrogen-bond donors (Lipinski definition) is 2. The van der Waals surface area contributed by atoms with Gasteiger partial charge in [-0.1, -0.05) is 18.5 Å². The second-order valence-corrected chi connectivity index (χ2v) is 5.61. The van der Waals surface area contributed by atoms with Crippen LogP contribution in [-0.2, 0) is 6.42 Å². The van der Waals surface area contributed by atoms with E-state index < -0.39 is 0 Å². The highest BCUT2D eigenvalue weighted by atomic mass is 35.5. The van der Waals surface area contributed by atoms with Gasteiger partial charge in [-0.2, -0.15) is 0 Å². The second kappa shape index (κ2) is 5.59. The molecule has 0 saturated heterocycles. The number of phenolic OH excluding ortho intramolecular Hbond substituents is 1. The Morgan fingerprint density at radius 2 is 2.26 bits per heavy atom. The smallest absolute Gasteiger partial charge is 0.257 e. The maximum Gasteiger partial charge on any atom is 0.257 e. The van der Waals surface area contributed by atoms with Gasteiger partial charge in [-0.3, -0.25) is 10.1 Å². The number of anilines is 1. The van der Waals surface area contributed by atoms with Crippen molar-refractivity contribution in [3.63, 3.8) is 0 Å². The van der Waals surface area contributed by atoms with Gasteiger partial charge in [0.1, 0.15) is 5.75 Å². The topological polar surface area (TPSA) is 62.2 Å². The van der Waals surface area contributed by atoms with Crippen LogP contribution in [0.1, 0.15) is 27.9 Å². The summed E-state index contributed by atoms with van der Waals surface area (Å²) in [7, 11) is 0. The molecule has 0 fully saturated rings. The number of thiazole rings is 1. The summed E-state index contributed by atoms with van der Waals surface area (Å²) < 4.78 is 0. The third-order valence-corrected chi connectivity index (χ3v) is 3.89. The van der Waals surface area contributed by atoms with Crippen LogP contribution in [-0.4, -0.2) is 16.0 Å². The monoisotopic (exact) mass is 296 g/mol. The lowest BCUT2D eigenvalue weighted by Crippen LogP contribution is -2.11. The first-order valence-corrected chi connectivity index (χ1v) is 6.97. The molecule has 1 heterocycles. The quantitative estimate of drug-likeness (QED) is 0.909. The minimum atomic E-state index is -0.293. The number of amides is 1. The highest BCUT2D eigenvalue weighted by Crippen LogP contribution is 2.26. The van der Waals surface area contributed by atoms with Gasteiger partial charge < -0.3 is 5.11 Å². The maximum absolute atomic E-state index is 12.0. The van der Waals surface area contributed by atoms with Gasteiger partial charge >= 0.3 is 0 Å². The van der Waals surface area contributed by atoms with Crippen molar-refractivity contribution in [2.45, 2.75) is 20.3 Å². The summed E-state index contributed by atoms with van der Waals surface area (Å²) >= 11 is 7.21.